The van der Waals surface area contributed by atoms with Crippen molar-refractivity contribution >= 4 is 0 Å². The standard InChI is InChI=1S/C17H21NO/c1-12-5-10-15(18-11-12)16(19)13-6-8-14(9-7-13)17(2,3)4/h5-11,16,19H,1-4H3. The summed E-state index contributed by atoms with van der Waals surface area (Å²) in [5, 5.41) is 10.3. The minimum absolute atomic E-state index is 0.131. The Hall–Kier alpha value is -1.67. The fraction of sp³-hybridized carbons (Fsp3) is 0.353. The SMILES string of the molecule is Cc1ccc(C(O)c2ccc(C(C)(C)C)cc2)nc1. The summed E-state index contributed by atoms with van der Waals surface area (Å²) < 4.78 is 0. The molecule has 0 bridgehead atoms. The van der Waals surface area contributed by atoms with Gasteiger partial charge in [0.1, 0.15) is 6.10 Å². The second-order valence-electron chi connectivity index (χ2n) is 6.03. The van der Waals surface area contributed by atoms with Crippen molar-refractivity contribution < 1.29 is 5.11 Å². The third-order valence-corrected chi connectivity index (χ3v) is 3.31. The molecule has 2 nitrogen and oxygen atoms in total. The average Bonchev–Trinajstić information content (AvgIpc) is 2.38. The van der Waals surface area contributed by atoms with E-state index < -0.39 is 6.10 Å². The Labute approximate surface area is 115 Å². The van der Waals surface area contributed by atoms with Gasteiger partial charge in [-0.25, -0.2) is 0 Å². The fourth-order valence-corrected chi connectivity index (χ4v) is 1.98. The van der Waals surface area contributed by atoms with Crippen LogP contribution in [0.1, 0.15) is 49.3 Å². The summed E-state index contributed by atoms with van der Waals surface area (Å²) in [6.07, 6.45) is 1.12. The van der Waals surface area contributed by atoms with Crippen LogP contribution in [-0.2, 0) is 5.41 Å². The molecule has 0 saturated heterocycles. The molecule has 0 radical (unpaired) electrons. The van der Waals surface area contributed by atoms with Crippen LogP contribution in [0.25, 0.3) is 0 Å². The van der Waals surface area contributed by atoms with E-state index in [1.807, 2.05) is 31.2 Å². The molecule has 1 heterocycles. The zero-order valence-electron chi connectivity index (χ0n) is 12.0. The molecular weight excluding hydrogens is 234 g/mol. The van der Waals surface area contributed by atoms with E-state index in [1.54, 1.807) is 6.20 Å². The number of rotatable bonds is 2. The van der Waals surface area contributed by atoms with Crippen LogP contribution in [-0.4, -0.2) is 10.1 Å². The molecular formula is C17H21NO. The van der Waals surface area contributed by atoms with E-state index in [0.29, 0.717) is 5.69 Å². The highest BCUT2D eigenvalue weighted by atomic mass is 16.3. The summed E-state index contributed by atoms with van der Waals surface area (Å²) in [7, 11) is 0. The topological polar surface area (TPSA) is 33.1 Å². The van der Waals surface area contributed by atoms with Crippen LogP contribution in [0.3, 0.4) is 0 Å². The third-order valence-electron chi connectivity index (χ3n) is 3.31. The molecule has 1 atom stereocenters. The number of hydrogen-bond acceptors (Lipinski definition) is 2. The number of hydrogen-bond donors (Lipinski definition) is 1. The molecule has 0 aliphatic heterocycles. The molecule has 2 aromatic rings. The van der Waals surface area contributed by atoms with Gasteiger partial charge in [-0.15, -0.1) is 0 Å². The largest absolute Gasteiger partial charge is 0.382 e. The molecule has 2 rings (SSSR count). The molecule has 0 aliphatic carbocycles. The van der Waals surface area contributed by atoms with Gasteiger partial charge in [0.15, 0.2) is 0 Å². The lowest BCUT2D eigenvalue weighted by molar-refractivity contribution is 0.215. The van der Waals surface area contributed by atoms with Gasteiger partial charge >= 0.3 is 0 Å². The van der Waals surface area contributed by atoms with Crippen LogP contribution < -0.4 is 0 Å². The summed E-state index contributed by atoms with van der Waals surface area (Å²) in [5.74, 6) is 0. The molecule has 1 N–H and O–H groups in total. The van der Waals surface area contributed by atoms with Crippen molar-refractivity contribution in [2.45, 2.75) is 39.2 Å². The third kappa shape index (κ3) is 3.21. The molecule has 1 aromatic heterocycles. The zero-order valence-corrected chi connectivity index (χ0v) is 12.0. The van der Waals surface area contributed by atoms with Gasteiger partial charge in [0.2, 0.25) is 0 Å². The monoisotopic (exact) mass is 255 g/mol. The predicted octanol–water partition coefficient (Wildman–Crippen LogP) is 3.77. The van der Waals surface area contributed by atoms with Gasteiger partial charge in [-0.2, -0.15) is 0 Å². The lowest BCUT2D eigenvalue weighted by atomic mass is 9.86. The van der Waals surface area contributed by atoms with E-state index >= 15 is 0 Å². The van der Waals surface area contributed by atoms with Gasteiger partial charge in [0.05, 0.1) is 5.69 Å². The van der Waals surface area contributed by atoms with Gasteiger partial charge in [0.25, 0.3) is 0 Å². The fourth-order valence-electron chi connectivity index (χ4n) is 1.98. The van der Waals surface area contributed by atoms with Crippen LogP contribution in [0, 0.1) is 6.92 Å². The molecule has 0 fully saturated rings. The number of nitrogens with zero attached hydrogens (tertiary/aromatic N) is 1. The summed E-state index contributed by atoms with van der Waals surface area (Å²) in [6.45, 7) is 8.53. The van der Waals surface area contributed by atoms with Crippen LogP contribution in [0.2, 0.25) is 0 Å². The molecule has 2 heteroatoms. The van der Waals surface area contributed by atoms with Crippen molar-refractivity contribution in [3.8, 4) is 0 Å². The minimum Gasteiger partial charge on any atom is -0.382 e. The minimum atomic E-state index is -0.658. The van der Waals surface area contributed by atoms with Gasteiger partial charge < -0.3 is 5.11 Å². The Morgan fingerprint density at radius 2 is 1.63 bits per heavy atom. The van der Waals surface area contributed by atoms with E-state index in [0.717, 1.165) is 11.1 Å². The van der Waals surface area contributed by atoms with Gasteiger partial charge in [-0.05, 0) is 35.1 Å². The lowest BCUT2D eigenvalue weighted by Gasteiger charge is -2.20. The molecule has 1 unspecified atom stereocenters. The number of aliphatic hydroxyl groups excluding tert-OH is 1. The Balaban J connectivity index is 2.25. The highest BCUT2D eigenvalue weighted by molar-refractivity contribution is 5.32. The second kappa shape index (κ2) is 5.14. The van der Waals surface area contributed by atoms with E-state index in [-0.39, 0.29) is 5.41 Å². The quantitative estimate of drug-likeness (QED) is 0.886. The number of aliphatic hydroxyl groups is 1. The van der Waals surface area contributed by atoms with Gasteiger partial charge in [-0.1, -0.05) is 51.1 Å². The van der Waals surface area contributed by atoms with Crippen LogP contribution >= 0.6 is 0 Å². The van der Waals surface area contributed by atoms with Crippen molar-refractivity contribution in [3.05, 3.63) is 65.0 Å². The lowest BCUT2D eigenvalue weighted by Crippen LogP contribution is -2.11. The van der Waals surface area contributed by atoms with E-state index in [2.05, 4.69) is 37.9 Å². The first-order chi connectivity index (χ1) is 8.88. The number of aromatic nitrogens is 1. The summed E-state index contributed by atoms with van der Waals surface area (Å²) >= 11 is 0. The van der Waals surface area contributed by atoms with Crippen molar-refractivity contribution in [1.82, 2.24) is 4.98 Å². The average molecular weight is 255 g/mol. The van der Waals surface area contributed by atoms with Crippen molar-refractivity contribution in [2.24, 2.45) is 0 Å². The normalized spacial score (nSPS) is 13.3. The van der Waals surface area contributed by atoms with Crippen molar-refractivity contribution in [1.29, 1.82) is 0 Å². The van der Waals surface area contributed by atoms with Crippen LogP contribution in [0.4, 0.5) is 0 Å². The van der Waals surface area contributed by atoms with Gasteiger partial charge in [-0.3, -0.25) is 4.98 Å². The first kappa shape index (κ1) is 13.8. The van der Waals surface area contributed by atoms with E-state index in [4.69, 9.17) is 0 Å². The zero-order chi connectivity index (χ0) is 14.0. The first-order valence-corrected chi connectivity index (χ1v) is 6.59. The van der Waals surface area contributed by atoms with Crippen molar-refractivity contribution in [2.75, 3.05) is 0 Å². The molecule has 0 saturated carbocycles. The molecule has 0 aliphatic rings. The number of benzene rings is 1. The highest BCUT2D eigenvalue weighted by Gasteiger charge is 2.15. The van der Waals surface area contributed by atoms with Gasteiger partial charge in [0, 0.05) is 6.20 Å². The highest BCUT2D eigenvalue weighted by Crippen LogP contribution is 2.25. The Morgan fingerprint density at radius 1 is 1.00 bits per heavy atom. The van der Waals surface area contributed by atoms with Crippen LogP contribution in [0.15, 0.2) is 42.6 Å². The van der Waals surface area contributed by atoms with Crippen molar-refractivity contribution in [3.63, 3.8) is 0 Å². The van der Waals surface area contributed by atoms with Crippen LogP contribution in [0.5, 0.6) is 0 Å². The predicted molar refractivity (Wildman–Crippen MR) is 78.2 cm³/mol. The van der Waals surface area contributed by atoms with E-state index in [9.17, 15) is 5.11 Å². The maximum Gasteiger partial charge on any atom is 0.121 e. The molecule has 1 aromatic carbocycles. The Kier molecular flexibility index (Phi) is 3.72. The molecule has 100 valence electrons. The second-order valence-corrected chi connectivity index (χ2v) is 6.03. The van der Waals surface area contributed by atoms with E-state index in [1.165, 1.54) is 5.56 Å². The summed E-state index contributed by atoms with van der Waals surface area (Å²) in [6, 6.07) is 12.0. The Bertz CT molecular complexity index is 535. The number of pyridine rings is 1. The number of aryl methyl sites for hydroxylation is 1. The summed E-state index contributed by atoms with van der Waals surface area (Å²) in [4.78, 5) is 4.28. The maximum atomic E-state index is 10.3. The smallest absolute Gasteiger partial charge is 0.121 e. The Morgan fingerprint density at radius 3 is 2.11 bits per heavy atom. The first-order valence-electron chi connectivity index (χ1n) is 6.59. The molecule has 0 amide bonds. The molecule has 0 spiro atoms. The summed E-state index contributed by atoms with van der Waals surface area (Å²) in [5.41, 5.74) is 4.06. The maximum absolute atomic E-state index is 10.3. The molecule has 19 heavy (non-hydrogen) atoms.